The molecule has 134 valence electrons. The molecule has 0 heterocycles. The number of nitrogens with two attached hydrogens (primary N) is 1. The third-order valence-corrected chi connectivity index (χ3v) is 3.61. The maximum atomic E-state index is 6.02. The fourth-order valence-corrected chi connectivity index (χ4v) is 2.34. The lowest BCUT2D eigenvalue weighted by atomic mass is 10.1. The molecule has 0 aliphatic rings. The molecule has 0 unspecified atom stereocenters. The van der Waals surface area contributed by atoms with E-state index in [0.29, 0.717) is 30.3 Å². The van der Waals surface area contributed by atoms with E-state index in [0.717, 1.165) is 16.9 Å². The summed E-state index contributed by atoms with van der Waals surface area (Å²) >= 11 is 0. The maximum absolute atomic E-state index is 6.02. The number of methoxy groups -OCH3 is 2. The number of anilines is 1. The number of hydrogen-bond donors (Lipinski definition) is 2. The number of nitrogens with zero attached hydrogens (tertiary/aromatic N) is 1. The molecule has 0 atom stereocenters. The normalized spacial score (nSPS) is 11.1. The lowest BCUT2D eigenvalue weighted by Crippen LogP contribution is -2.23. The summed E-state index contributed by atoms with van der Waals surface area (Å²) in [5, 5.41) is 3.05. The molecular formula is C19H25N3O3. The van der Waals surface area contributed by atoms with E-state index in [-0.39, 0.29) is 5.96 Å². The Morgan fingerprint density at radius 3 is 2.56 bits per heavy atom. The first kappa shape index (κ1) is 18.4. The van der Waals surface area contributed by atoms with Crippen LogP contribution in [0.3, 0.4) is 0 Å². The van der Waals surface area contributed by atoms with Gasteiger partial charge in [-0.1, -0.05) is 12.1 Å². The van der Waals surface area contributed by atoms with Gasteiger partial charge in [-0.05, 0) is 37.6 Å². The fraction of sp³-hybridized carbons (Fsp3) is 0.316. The largest absolute Gasteiger partial charge is 0.497 e. The fourth-order valence-electron chi connectivity index (χ4n) is 2.34. The van der Waals surface area contributed by atoms with Gasteiger partial charge in [-0.15, -0.1) is 0 Å². The lowest BCUT2D eigenvalue weighted by Gasteiger charge is -2.13. The number of rotatable bonds is 7. The molecular weight excluding hydrogens is 318 g/mol. The van der Waals surface area contributed by atoms with Crippen molar-refractivity contribution in [2.45, 2.75) is 20.4 Å². The highest BCUT2D eigenvalue weighted by molar-refractivity contribution is 5.94. The summed E-state index contributed by atoms with van der Waals surface area (Å²) in [4.78, 5) is 4.40. The number of aliphatic imine (C=N–C) groups is 1. The highest BCUT2D eigenvalue weighted by atomic mass is 16.5. The molecule has 0 radical (unpaired) electrons. The summed E-state index contributed by atoms with van der Waals surface area (Å²) in [6.07, 6.45) is 0. The van der Waals surface area contributed by atoms with Gasteiger partial charge in [-0.3, -0.25) is 0 Å². The van der Waals surface area contributed by atoms with Crippen molar-refractivity contribution < 1.29 is 14.2 Å². The predicted octanol–water partition coefficient (Wildman–Crippen LogP) is 3.34. The van der Waals surface area contributed by atoms with E-state index < -0.39 is 0 Å². The Kier molecular flexibility index (Phi) is 6.51. The molecule has 0 amide bonds. The van der Waals surface area contributed by atoms with E-state index in [2.05, 4.69) is 10.3 Å². The second-order valence-corrected chi connectivity index (χ2v) is 5.44. The summed E-state index contributed by atoms with van der Waals surface area (Å²) in [5.41, 5.74) is 8.84. The van der Waals surface area contributed by atoms with Gasteiger partial charge in [-0.25, -0.2) is 4.99 Å². The van der Waals surface area contributed by atoms with Crippen molar-refractivity contribution in [3.05, 3.63) is 47.5 Å². The zero-order valence-electron chi connectivity index (χ0n) is 15.1. The van der Waals surface area contributed by atoms with Crippen LogP contribution >= 0.6 is 0 Å². The zero-order valence-corrected chi connectivity index (χ0v) is 15.1. The third-order valence-electron chi connectivity index (χ3n) is 3.61. The minimum atomic E-state index is 0.287. The quantitative estimate of drug-likeness (QED) is 0.595. The minimum absolute atomic E-state index is 0.287. The van der Waals surface area contributed by atoms with Gasteiger partial charge in [0.15, 0.2) is 5.96 Å². The average molecular weight is 343 g/mol. The smallest absolute Gasteiger partial charge is 0.193 e. The predicted molar refractivity (Wildman–Crippen MR) is 101 cm³/mol. The Morgan fingerprint density at radius 1 is 1.08 bits per heavy atom. The Balaban J connectivity index is 2.15. The third kappa shape index (κ3) is 5.04. The van der Waals surface area contributed by atoms with Crippen LogP contribution in [0.4, 0.5) is 5.69 Å². The van der Waals surface area contributed by atoms with Crippen molar-refractivity contribution in [1.29, 1.82) is 0 Å². The Morgan fingerprint density at radius 2 is 1.88 bits per heavy atom. The van der Waals surface area contributed by atoms with Gasteiger partial charge in [0.05, 0.1) is 33.1 Å². The first-order valence-corrected chi connectivity index (χ1v) is 8.08. The van der Waals surface area contributed by atoms with Gasteiger partial charge in [0.2, 0.25) is 0 Å². The molecule has 3 N–H and O–H groups in total. The first-order chi connectivity index (χ1) is 12.1. The Labute approximate surface area is 148 Å². The molecule has 2 aromatic rings. The van der Waals surface area contributed by atoms with Gasteiger partial charge >= 0.3 is 0 Å². The van der Waals surface area contributed by atoms with Crippen LogP contribution in [0, 0.1) is 6.92 Å². The first-order valence-electron chi connectivity index (χ1n) is 8.08. The number of aryl methyl sites for hydroxylation is 1. The summed E-state index contributed by atoms with van der Waals surface area (Å²) in [7, 11) is 3.21. The standard InChI is InChI=1S/C19H25N3O3/c1-5-25-18-10-13(2)6-7-14(18)12-21-19(20)22-16-11-15(23-3)8-9-17(16)24-4/h6-11H,5,12H2,1-4H3,(H3,20,21,22). The molecule has 25 heavy (non-hydrogen) atoms. The van der Waals surface area contributed by atoms with E-state index in [9.17, 15) is 0 Å². The van der Waals surface area contributed by atoms with Crippen molar-refractivity contribution in [2.24, 2.45) is 10.7 Å². The number of hydrogen-bond acceptors (Lipinski definition) is 4. The molecule has 6 heteroatoms. The summed E-state index contributed by atoms with van der Waals surface area (Å²) in [6, 6.07) is 11.5. The van der Waals surface area contributed by atoms with Gasteiger partial charge < -0.3 is 25.3 Å². The van der Waals surface area contributed by atoms with E-state index in [4.69, 9.17) is 19.9 Å². The van der Waals surface area contributed by atoms with Gasteiger partial charge in [-0.2, -0.15) is 0 Å². The van der Waals surface area contributed by atoms with E-state index in [1.807, 2.05) is 44.2 Å². The Bertz CT molecular complexity index is 745. The molecule has 0 spiro atoms. The zero-order chi connectivity index (χ0) is 18.2. The molecule has 0 bridgehead atoms. The molecule has 0 aliphatic heterocycles. The van der Waals surface area contributed by atoms with Crippen molar-refractivity contribution >= 4 is 11.6 Å². The van der Waals surface area contributed by atoms with Crippen molar-refractivity contribution in [3.8, 4) is 17.2 Å². The molecule has 0 aliphatic carbocycles. The summed E-state index contributed by atoms with van der Waals surface area (Å²) in [5.74, 6) is 2.48. The van der Waals surface area contributed by atoms with Gasteiger partial charge in [0, 0.05) is 11.6 Å². The summed E-state index contributed by atoms with van der Waals surface area (Å²) in [6.45, 7) is 5.01. The molecule has 2 rings (SSSR count). The average Bonchev–Trinajstić information content (AvgIpc) is 2.61. The van der Waals surface area contributed by atoms with Crippen molar-refractivity contribution in [3.63, 3.8) is 0 Å². The van der Waals surface area contributed by atoms with Gasteiger partial charge in [0.1, 0.15) is 17.2 Å². The number of ether oxygens (including phenoxy) is 3. The monoisotopic (exact) mass is 343 g/mol. The summed E-state index contributed by atoms with van der Waals surface area (Å²) < 4.78 is 16.2. The highest BCUT2D eigenvalue weighted by Gasteiger charge is 2.07. The van der Waals surface area contributed by atoms with E-state index >= 15 is 0 Å². The molecule has 0 saturated heterocycles. The SMILES string of the molecule is CCOc1cc(C)ccc1CN=C(N)Nc1cc(OC)ccc1OC. The highest BCUT2D eigenvalue weighted by Crippen LogP contribution is 2.28. The van der Waals surface area contributed by atoms with Gasteiger partial charge in [0.25, 0.3) is 0 Å². The molecule has 6 nitrogen and oxygen atoms in total. The molecule has 2 aromatic carbocycles. The topological polar surface area (TPSA) is 78.1 Å². The minimum Gasteiger partial charge on any atom is -0.497 e. The van der Waals surface area contributed by atoms with Crippen LogP contribution in [0.25, 0.3) is 0 Å². The lowest BCUT2D eigenvalue weighted by molar-refractivity contribution is 0.336. The van der Waals surface area contributed by atoms with Crippen LogP contribution < -0.4 is 25.3 Å². The molecule has 0 saturated carbocycles. The second-order valence-electron chi connectivity index (χ2n) is 5.44. The van der Waals surface area contributed by atoms with Crippen LogP contribution in [0.5, 0.6) is 17.2 Å². The van der Waals surface area contributed by atoms with E-state index in [1.165, 1.54) is 0 Å². The van der Waals surface area contributed by atoms with Crippen molar-refractivity contribution in [1.82, 2.24) is 0 Å². The van der Waals surface area contributed by atoms with E-state index in [1.54, 1.807) is 20.3 Å². The van der Waals surface area contributed by atoms with Crippen molar-refractivity contribution in [2.75, 3.05) is 26.1 Å². The van der Waals surface area contributed by atoms with Crippen LogP contribution in [0.1, 0.15) is 18.1 Å². The van der Waals surface area contributed by atoms with Crippen LogP contribution in [-0.2, 0) is 6.54 Å². The Hall–Kier alpha value is -2.89. The van der Waals surface area contributed by atoms with Crippen LogP contribution in [-0.4, -0.2) is 26.8 Å². The van der Waals surface area contributed by atoms with Crippen LogP contribution in [0.2, 0.25) is 0 Å². The number of nitrogens with one attached hydrogen (secondary N) is 1. The number of benzene rings is 2. The maximum Gasteiger partial charge on any atom is 0.193 e. The molecule has 0 aromatic heterocycles. The van der Waals surface area contributed by atoms with Crippen LogP contribution in [0.15, 0.2) is 41.4 Å². The second kappa shape index (κ2) is 8.82. The number of guanidine groups is 1. The molecule has 0 fully saturated rings.